The highest BCUT2D eigenvalue weighted by Gasteiger charge is 2.15. The van der Waals surface area contributed by atoms with Gasteiger partial charge in [0, 0.05) is 11.3 Å². The topological polar surface area (TPSA) is 46.2 Å². The van der Waals surface area contributed by atoms with Gasteiger partial charge in [-0.2, -0.15) is 0 Å². The van der Waals surface area contributed by atoms with E-state index < -0.39 is 6.10 Å². The molecule has 3 N–H and O–H groups in total. The van der Waals surface area contributed by atoms with E-state index in [9.17, 15) is 9.50 Å². The molecule has 0 amide bonds. The van der Waals surface area contributed by atoms with Crippen molar-refractivity contribution >= 4 is 5.69 Å². The van der Waals surface area contributed by atoms with Crippen LogP contribution in [0.1, 0.15) is 22.8 Å². The lowest BCUT2D eigenvalue weighted by Gasteiger charge is -2.16. The van der Waals surface area contributed by atoms with Crippen molar-refractivity contribution in [2.24, 2.45) is 0 Å². The van der Waals surface area contributed by atoms with Crippen LogP contribution in [-0.4, -0.2) is 5.11 Å². The van der Waals surface area contributed by atoms with Gasteiger partial charge in [-0.25, -0.2) is 4.39 Å². The first kappa shape index (κ1) is 11.6. The van der Waals surface area contributed by atoms with E-state index in [0.29, 0.717) is 22.4 Å². The summed E-state index contributed by atoms with van der Waals surface area (Å²) < 4.78 is 13.0. The molecule has 0 radical (unpaired) electrons. The highest BCUT2D eigenvalue weighted by atomic mass is 19.1. The molecule has 3 heteroatoms. The molecule has 0 aliphatic carbocycles. The lowest BCUT2D eigenvalue weighted by molar-refractivity contribution is 0.220. The van der Waals surface area contributed by atoms with Gasteiger partial charge >= 0.3 is 0 Å². The maximum Gasteiger partial charge on any atom is 0.123 e. The number of aryl methyl sites for hydroxylation is 1. The number of anilines is 1. The van der Waals surface area contributed by atoms with Gasteiger partial charge in [0.25, 0.3) is 0 Å². The average Bonchev–Trinajstić information content (AvgIpc) is 2.29. The zero-order chi connectivity index (χ0) is 12.4. The van der Waals surface area contributed by atoms with Gasteiger partial charge in [0.1, 0.15) is 11.9 Å². The molecule has 2 rings (SSSR count). The Bertz CT molecular complexity index is 539. The third kappa shape index (κ3) is 2.29. The van der Waals surface area contributed by atoms with E-state index in [1.165, 1.54) is 12.1 Å². The molecule has 2 aromatic rings. The van der Waals surface area contributed by atoms with Crippen LogP contribution in [0.5, 0.6) is 0 Å². The van der Waals surface area contributed by atoms with Gasteiger partial charge in [-0.15, -0.1) is 0 Å². The van der Waals surface area contributed by atoms with Crippen molar-refractivity contribution in [1.29, 1.82) is 0 Å². The average molecular weight is 231 g/mol. The largest absolute Gasteiger partial charge is 0.398 e. The second-order valence-electron chi connectivity index (χ2n) is 4.03. The quantitative estimate of drug-likeness (QED) is 0.781. The highest BCUT2D eigenvalue weighted by Crippen LogP contribution is 2.28. The first-order chi connectivity index (χ1) is 8.09. The Kier molecular flexibility index (Phi) is 3.11. The van der Waals surface area contributed by atoms with Gasteiger partial charge in [0.15, 0.2) is 0 Å². The number of hydrogen-bond donors (Lipinski definition) is 2. The number of nitrogens with two attached hydrogens (primary N) is 1. The van der Waals surface area contributed by atoms with E-state index in [4.69, 9.17) is 5.73 Å². The van der Waals surface area contributed by atoms with Crippen molar-refractivity contribution in [3.05, 3.63) is 65.0 Å². The van der Waals surface area contributed by atoms with E-state index in [-0.39, 0.29) is 5.82 Å². The number of para-hydroxylation sites is 1. The second kappa shape index (κ2) is 4.55. The van der Waals surface area contributed by atoms with E-state index in [1.807, 2.05) is 12.1 Å². The molecule has 0 saturated carbocycles. The van der Waals surface area contributed by atoms with Gasteiger partial charge in [-0.05, 0) is 36.2 Å². The predicted octanol–water partition coefficient (Wildman–Crippen LogP) is 2.80. The number of nitrogen functional groups attached to an aromatic ring is 1. The second-order valence-corrected chi connectivity index (χ2v) is 4.03. The standard InChI is InChI=1S/C14H14FNO/c1-9-8-10(15)6-7-11(9)14(17)12-4-2-3-5-13(12)16/h2-8,14,17H,16H2,1H3. The normalized spacial score (nSPS) is 12.4. The molecule has 0 aliphatic rings. The number of rotatable bonds is 2. The van der Waals surface area contributed by atoms with Crippen LogP contribution in [0.15, 0.2) is 42.5 Å². The summed E-state index contributed by atoms with van der Waals surface area (Å²) in [5, 5.41) is 10.2. The Morgan fingerprint density at radius 3 is 2.47 bits per heavy atom. The lowest BCUT2D eigenvalue weighted by atomic mass is 9.96. The highest BCUT2D eigenvalue weighted by molar-refractivity contribution is 5.51. The molecule has 1 atom stereocenters. The Morgan fingerprint density at radius 2 is 1.82 bits per heavy atom. The third-order valence-electron chi connectivity index (χ3n) is 2.82. The smallest absolute Gasteiger partial charge is 0.123 e. The summed E-state index contributed by atoms with van der Waals surface area (Å²) in [5.74, 6) is -0.306. The van der Waals surface area contributed by atoms with E-state index in [1.54, 1.807) is 25.1 Å². The Hall–Kier alpha value is -1.87. The number of benzene rings is 2. The summed E-state index contributed by atoms with van der Waals surface area (Å²) in [6.07, 6.45) is -0.822. The number of halogens is 1. The first-order valence-electron chi connectivity index (χ1n) is 5.38. The molecule has 0 aliphatic heterocycles. The van der Waals surface area contributed by atoms with E-state index in [0.717, 1.165) is 0 Å². The van der Waals surface area contributed by atoms with Crippen LogP contribution in [-0.2, 0) is 0 Å². The van der Waals surface area contributed by atoms with Crippen molar-refractivity contribution in [3.8, 4) is 0 Å². The van der Waals surface area contributed by atoms with Crippen molar-refractivity contribution in [2.75, 3.05) is 5.73 Å². The van der Waals surface area contributed by atoms with E-state index in [2.05, 4.69) is 0 Å². The first-order valence-corrected chi connectivity index (χ1v) is 5.38. The SMILES string of the molecule is Cc1cc(F)ccc1C(O)c1ccccc1N. The molecule has 0 saturated heterocycles. The maximum absolute atomic E-state index is 13.0. The number of aliphatic hydroxyl groups excluding tert-OH is 1. The summed E-state index contributed by atoms with van der Waals surface area (Å²) in [7, 11) is 0. The summed E-state index contributed by atoms with van der Waals surface area (Å²) in [6.45, 7) is 1.76. The summed E-state index contributed by atoms with van der Waals surface area (Å²) >= 11 is 0. The molecule has 1 unspecified atom stereocenters. The van der Waals surface area contributed by atoms with Crippen LogP contribution in [0, 0.1) is 12.7 Å². The van der Waals surface area contributed by atoms with Gasteiger partial charge < -0.3 is 10.8 Å². The third-order valence-corrected chi connectivity index (χ3v) is 2.82. The summed E-state index contributed by atoms with van der Waals surface area (Å²) in [4.78, 5) is 0. The van der Waals surface area contributed by atoms with Crippen molar-refractivity contribution < 1.29 is 9.50 Å². The minimum atomic E-state index is -0.822. The summed E-state index contributed by atoms with van der Waals surface area (Å²) in [6, 6.07) is 11.4. The predicted molar refractivity (Wildman–Crippen MR) is 66.1 cm³/mol. The molecule has 0 fully saturated rings. The molecule has 0 spiro atoms. The van der Waals surface area contributed by atoms with Crippen LogP contribution in [0.4, 0.5) is 10.1 Å². The molecule has 0 aromatic heterocycles. The van der Waals surface area contributed by atoms with Crippen LogP contribution in [0.3, 0.4) is 0 Å². The fraction of sp³-hybridized carbons (Fsp3) is 0.143. The Labute approximate surface area is 99.5 Å². The van der Waals surface area contributed by atoms with Crippen LogP contribution < -0.4 is 5.73 Å². The molecular weight excluding hydrogens is 217 g/mol. The molecular formula is C14H14FNO. The van der Waals surface area contributed by atoms with Crippen molar-refractivity contribution in [2.45, 2.75) is 13.0 Å². The molecule has 0 bridgehead atoms. The molecule has 17 heavy (non-hydrogen) atoms. The minimum Gasteiger partial charge on any atom is -0.398 e. The molecule has 88 valence electrons. The van der Waals surface area contributed by atoms with Gasteiger partial charge in [0.2, 0.25) is 0 Å². The zero-order valence-electron chi connectivity index (χ0n) is 9.52. The Balaban J connectivity index is 2.44. The number of hydrogen-bond acceptors (Lipinski definition) is 2. The fourth-order valence-electron chi connectivity index (χ4n) is 1.87. The molecule has 2 aromatic carbocycles. The van der Waals surface area contributed by atoms with E-state index >= 15 is 0 Å². The lowest BCUT2D eigenvalue weighted by Crippen LogP contribution is -2.05. The monoisotopic (exact) mass is 231 g/mol. The van der Waals surface area contributed by atoms with Crippen LogP contribution in [0.25, 0.3) is 0 Å². The minimum absolute atomic E-state index is 0.306. The van der Waals surface area contributed by atoms with Crippen LogP contribution in [0.2, 0.25) is 0 Å². The number of aliphatic hydroxyl groups is 1. The van der Waals surface area contributed by atoms with Crippen molar-refractivity contribution in [1.82, 2.24) is 0 Å². The zero-order valence-corrected chi connectivity index (χ0v) is 9.52. The van der Waals surface area contributed by atoms with Gasteiger partial charge in [-0.3, -0.25) is 0 Å². The van der Waals surface area contributed by atoms with Gasteiger partial charge in [-0.1, -0.05) is 24.3 Å². The van der Waals surface area contributed by atoms with Crippen molar-refractivity contribution in [3.63, 3.8) is 0 Å². The van der Waals surface area contributed by atoms with Gasteiger partial charge in [0.05, 0.1) is 0 Å². The molecule has 2 nitrogen and oxygen atoms in total. The fourth-order valence-corrected chi connectivity index (χ4v) is 1.87. The Morgan fingerprint density at radius 1 is 1.12 bits per heavy atom. The maximum atomic E-state index is 13.0. The summed E-state index contributed by atoms with van der Waals surface area (Å²) in [5.41, 5.74) is 8.36. The van der Waals surface area contributed by atoms with Crippen LogP contribution >= 0.6 is 0 Å². The molecule has 0 heterocycles.